The molecular weight excluding hydrogens is 312 g/mol. The van der Waals surface area contributed by atoms with Gasteiger partial charge in [0.1, 0.15) is 5.75 Å². The molecule has 0 aliphatic heterocycles. The van der Waals surface area contributed by atoms with E-state index in [1.54, 1.807) is 31.2 Å². The minimum absolute atomic E-state index is 0.0966. The molecule has 0 unspecified atom stereocenters. The van der Waals surface area contributed by atoms with Gasteiger partial charge in [-0.3, -0.25) is 0 Å². The molecule has 0 spiro atoms. The Morgan fingerprint density at radius 2 is 1.29 bits per heavy atom. The Labute approximate surface area is 127 Å². The topological polar surface area (TPSA) is 88.5 Å². The van der Waals surface area contributed by atoms with E-state index >= 15 is 0 Å². The number of phenols is 1. The van der Waals surface area contributed by atoms with Crippen molar-refractivity contribution < 1.29 is 21.9 Å². The van der Waals surface area contributed by atoms with Crippen LogP contribution in [0.5, 0.6) is 5.75 Å². The maximum atomic E-state index is 11.7. The van der Waals surface area contributed by atoms with E-state index in [2.05, 4.69) is 0 Å². The lowest BCUT2D eigenvalue weighted by atomic mass is 10.3. The molecule has 0 saturated heterocycles. The van der Waals surface area contributed by atoms with E-state index < -0.39 is 23.8 Å². The molecule has 1 aromatic rings. The maximum Gasteiger partial charge on any atom is 0.170 e. The standard InChI is InChI=1S/C8H18O4S2.C6H6O/c1-5-8(4,13(9,10)6-2)14(11,12)7-3;7-6-4-2-1-3-5-6/h5-7H2,1-4H3;1-5,7H. The molecule has 0 heterocycles. The summed E-state index contributed by atoms with van der Waals surface area (Å²) in [7, 11) is -7.14. The smallest absolute Gasteiger partial charge is 0.170 e. The Balaban J connectivity index is 0.000000471. The van der Waals surface area contributed by atoms with E-state index in [9.17, 15) is 16.8 Å². The number of benzene rings is 1. The largest absolute Gasteiger partial charge is 0.508 e. The van der Waals surface area contributed by atoms with Crippen molar-refractivity contribution in [3.8, 4) is 5.75 Å². The van der Waals surface area contributed by atoms with Crippen LogP contribution in [-0.4, -0.2) is 37.5 Å². The molecular formula is C14H24O5S2. The second-order valence-corrected chi connectivity index (χ2v) is 10.3. The van der Waals surface area contributed by atoms with E-state index in [4.69, 9.17) is 5.11 Å². The van der Waals surface area contributed by atoms with Crippen LogP contribution in [0.4, 0.5) is 0 Å². The average molecular weight is 336 g/mol. The summed E-state index contributed by atoms with van der Waals surface area (Å²) >= 11 is 0. The van der Waals surface area contributed by atoms with Crippen LogP contribution in [0.2, 0.25) is 0 Å². The van der Waals surface area contributed by atoms with Crippen LogP contribution in [0.3, 0.4) is 0 Å². The summed E-state index contributed by atoms with van der Waals surface area (Å²) in [5, 5.41) is 8.63. The van der Waals surface area contributed by atoms with Gasteiger partial charge in [0.2, 0.25) is 0 Å². The van der Waals surface area contributed by atoms with Crippen molar-refractivity contribution in [3.05, 3.63) is 30.3 Å². The summed E-state index contributed by atoms with van der Waals surface area (Å²) < 4.78 is 45.1. The second-order valence-electron chi connectivity index (χ2n) is 4.63. The predicted octanol–water partition coefficient (Wildman–Crippen LogP) is 2.37. The lowest BCUT2D eigenvalue weighted by molar-refractivity contribution is 0.475. The van der Waals surface area contributed by atoms with Gasteiger partial charge in [-0.15, -0.1) is 0 Å². The normalized spacial score (nSPS) is 12.4. The molecule has 0 aliphatic carbocycles. The molecule has 5 nitrogen and oxygen atoms in total. The van der Waals surface area contributed by atoms with Gasteiger partial charge in [0.25, 0.3) is 0 Å². The number of hydrogen-bond acceptors (Lipinski definition) is 5. The number of para-hydroxylation sites is 1. The molecule has 21 heavy (non-hydrogen) atoms. The average Bonchev–Trinajstić information content (AvgIpc) is 2.47. The fourth-order valence-electron chi connectivity index (χ4n) is 1.67. The summed E-state index contributed by atoms with van der Waals surface area (Å²) in [5.74, 6) is 0.0372. The Bertz CT molecular complexity index is 585. The van der Waals surface area contributed by atoms with Gasteiger partial charge in [0.05, 0.1) is 0 Å². The first-order valence-electron chi connectivity index (χ1n) is 6.76. The molecule has 122 valence electrons. The van der Waals surface area contributed by atoms with Crippen LogP contribution in [0.15, 0.2) is 30.3 Å². The van der Waals surface area contributed by atoms with Gasteiger partial charge in [0, 0.05) is 11.5 Å². The van der Waals surface area contributed by atoms with Crippen molar-refractivity contribution in [2.75, 3.05) is 11.5 Å². The molecule has 1 aromatic carbocycles. The van der Waals surface area contributed by atoms with Crippen LogP contribution in [0.1, 0.15) is 34.1 Å². The van der Waals surface area contributed by atoms with Gasteiger partial charge in [-0.2, -0.15) is 0 Å². The van der Waals surface area contributed by atoms with Gasteiger partial charge in [-0.05, 0) is 25.5 Å². The number of sulfone groups is 2. The van der Waals surface area contributed by atoms with Gasteiger partial charge in [-0.1, -0.05) is 39.0 Å². The zero-order chi connectivity index (χ0) is 16.7. The lowest BCUT2D eigenvalue weighted by Crippen LogP contribution is -2.44. The Morgan fingerprint density at radius 3 is 1.48 bits per heavy atom. The van der Waals surface area contributed by atoms with Crippen LogP contribution in [0.25, 0.3) is 0 Å². The highest BCUT2D eigenvalue weighted by Crippen LogP contribution is 2.29. The molecule has 0 atom stereocenters. The molecule has 0 radical (unpaired) electrons. The molecule has 0 aromatic heterocycles. The van der Waals surface area contributed by atoms with Gasteiger partial charge >= 0.3 is 0 Å². The Hall–Kier alpha value is -1.08. The highest BCUT2D eigenvalue weighted by Gasteiger charge is 2.47. The van der Waals surface area contributed by atoms with Crippen LogP contribution in [-0.2, 0) is 19.7 Å². The van der Waals surface area contributed by atoms with Crippen LogP contribution >= 0.6 is 0 Å². The molecule has 0 fully saturated rings. The van der Waals surface area contributed by atoms with Gasteiger partial charge in [-0.25, -0.2) is 16.8 Å². The Morgan fingerprint density at radius 1 is 0.905 bits per heavy atom. The summed E-state index contributed by atoms with van der Waals surface area (Å²) in [6, 6.07) is 8.71. The lowest BCUT2D eigenvalue weighted by Gasteiger charge is -2.26. The van der Waals surface area contributed by atoms with Gasteiger partial charge < -0.3 is 5.11 Å². The first-order valence-corrected chi connectivity index (χ1v) is 10.1. The minimum Gasteiger partial charge on any atom is -0.508 e. The highest BCUT2D eigenvalue weighted by molar-refractivity contribution is 8.10. The quantitative estimate of drug-likeness (QED) is 0.892. The molecule has 0 amide bonds. The van der Waals surface area contributed by atoms with E-state index in [1.165, 1.54) is 20.8 Å². The van der Waals surface area contributed by atoms with E-state index in [0.717, 1.165) is 0 Å². The fourth-order valence-corrected chi connectivity index (χ4v) is 6.03. The van der Waals surface area contributed by atoms with Crippen molar-refractivity contribution >= 4 is 19.7 Å². The van der Waals surface area contributed by atoms with E-state index in [-0.39, 0.29) is 17.9 Å². The SMILES string of the molecule is CCC(C)(S(=O)(=O)CC)S(=O)(=O)CC.Oc1ccccc1. The molecule has 1 N–H and O–H groups in total. The van der Waals surface area contributed by atoms with Crippen molar-refractivity contribution in [1.29, 1.82) is 0 Å². The molecule has 1 rings (SSSR count). The molecule has 0 saturated carbocycles. The first kappa shape index (κ1) is 19.9. The fraction of sp³-hybridized carbons (Fsp3) is 0.571. The minimum atomic E-state index is -3.57. The van der Waals surface area contributed by atoms with Crippen molar-refractivity contribution in [3.63, 3.8) is 0 Å². The third kappa shape index (κ3) is 4.71. The zero-order valence-electron chi connectivity index (χ0n) is 12.9. The number of rotatable bonds is 5. The number of phenolic OH excluding ortho intramolecular Hbond substituents is 1. The maximum absolute atomic E-state index is 11.7. The number of hydrogen-bond donors (Lipinski definition) is 1. The molecule has 7 heteroatoms. The van der Waals surface area contributed by atoms with Crippen molar-refractivity contribution in [2.24, 2.45) is 0 Å². The van der Waals surface area contributed by atoms with Gasteiger partial charge in [0.15, 0.2) is 23.8 Å². The van der Waals surface area contributed by atoms with Crippen molar-refractivity contribution in [1.82, 2.24) is 0 Å². The molecule has 0 aliphatic rings. The third-order valence-electron chi connectivity index (χ3n) is 3.47. The Kier molecular flexibility index (Phi) is 7.39. The predicted molar refractivity (Wildman–Crippen MR) is 85.7 cm³/mol. The third-order valence-corrected chi connectivity index (χ3v) is 9.73. The summed E-state index contributed by atoms with van der Waals surface area (Å²) in [6.45, 7) is 5.81. The van der Waals surface area contributed by atoms with Crippen LogP contribution < -0.4 is 0 Å². The second kappa shape index (κ2) is 7.79. The van der Waals surface area contributed by atoms with E-state index in [0.29, 0.717) is 5.75 Å². The number of aromatic hydroxyl groups is 1. The summed E-state index contributed by atoms with van der Waals surface area (Å²) in [4.78, 5) is 0. The molecule has 0 bridgehead atoms. The zero-order valence-corrected chi connectivity index (χ0v) is 14.5. The van der Waals surface area contributed by atoms with Crippen molar-refractivity contribution in [2.45, 2.75) is 38.2 Å². The van der Waals surface area contributed by atoms with Crippen LogP contribution in [0, 0.1) is 0 Å². The first-order chi connectivity index (χ1) is 9.58. The summed E-state index contributed by atoms with van der Waals surface area (Å²) in [5.41, 5.74) is 0. The van der Waals surface area contributed by atoms with E-state index in [1.807, 2.05) is 6.07 Å². The summed E-state index contributed by atoms with van der Waals surface area (Å²) in [6.07, 6.45) is 0.0966. The highest BCUT2D eigenvalue weighted by atomic mass is 32.3. The monoisotopic (exact) mass is 336 g/mol.